The number of amides is 2. The first kappa shape index (κ1) is 13.6. The highest BCUT2D eigenvalue weighted by Crippen LogP contribution is 2.43. The van der Waals surface area contributed by atoms with Gasteiger partial charge in [0.2, 0.25) is 0 Å². The van der Waals surface area contributed by atoms with Gasteiger partial charge in [0.1, 0.15) is 6.04 Å². The number of hydrogen-bond donors (Lipinski definition) is 0. The standard InChI is InChI=1S/C13H16N4O4/c1-4-5-21-17-9-7-16(13(17)19)11(12(18)20-3)10-8(9)6-14-15(10)2/h4,6,9,11H,1,5,7H2,2-3H3/t9-,11?/m1/s1. The second kappa shape index (κ2) is 4.88. The number of hydrogen-bond acceptors (Lipinski definition) is 5. The molecule has 112 valence electrons. The summed E-state index contributed by atoms with van der Waals surface area (Å²) < 4.78 is 6.43. The van der Waals surface area contributed by atoms with E-state index in [-0.39, 0.29) is 18.7 Å². The number of methoxy groups -OCH3 is 1. The molecule has 1 aromatic rings. The van der Waals surface area contributed by atoms with Gasteiger partial charge in [0, 0.05) is 12.6 Å². The molecule has 3 heterocycles. The molecule has 2 atom stereocenters. The van der Waals surface area contributed by atoms with Crippen LogP contribution in [0.2, 0.25) is 0 Å². The molecule has 0 radical (unpaired) electrons. The van der Waals surface area contributed by atoms with E-state index >= 15 is 0 Å². The minimum Gasteiger partial charge on any atom is -0.467 e. The topological polar surface area (TPSA) is 76.9 Å². The number of hydroxylamine groups is 2. The SMILES string of the molecule is C=CCON1C(=O)N2C[C@@H]1c1cnn(C)c1C2C(=O)OC. The highest BCUT2D eigenvalue weighted by atomic mass is 16.7. The van der Waals surface area contributed by atoms with Gasteiger partial charge in [-0.3, -0.25) is 9.52 Å². The molecule has 3 rings (SSSR count). The summed E-state index contributed by atoms with van der Waals surface area (Å²) in [7, 11) is 3.04. The summed E-state index contributed by atoms with van der Waals surface area (Å²) >= 11 is 0. The van der Waals surface area contributed by atoms with E-state index in [2.05, 4.69) is 11.7 Å². The molecular weight excluding hydrogens is 276 g/mol. The van der Waals surface area contributed by atoms with Crippen LogP contribution in [0, 0.1) is 0 Å². The Bertz CT molecular complexity index is 611. The molecule has 1 aromatic heterocycles. The number of carbonyl (C=O) groups is 2. The Labute approximate surface area is 121 Å². The summed E-state index contributed by atoms with van der Waals surface area (Å²) in [6, 6.07) is -1.42. The summed E-state index contributed by atoms with van der Waals surface area (Å²) in [4.78, 5) is 31.4. The number of esters is 1. The first-order chi connectivity index (χ1) is 10.1. The van der Waals surface area contributed by atoms with Gasteiger partial charge in [-0.2, -0.15) is 10.2 Å². The Balaban J connectivity index is 2.05. The van der Waals surface area contributed by atoms with Crippen LogP contribution in [0.1, 0.15) is 23.3 Å². The molecule has 2 aliphatic heterocycles. The summed E-state index contributed by atoms with van der Waals surface area (Å²) in [5.41, 5.74) is 1.47. The number of fused-ring (bicyclic) bond motifs is 4. The Kier molecular flexibility index (Phi) is 3.17. The first-order valence-electron chi connectivity index (χ1n) is 6.53. The molecule has 2 amide bonds. The number of aromatic nitrogens is 2. The molecule has 2 bridgehead atoms. The lowest BCUT2D eigenvalue weighted by atomic mass is 9.98. The Hall–Kier alpha value is -2.35. The van der Waals surface area contributed by atoms with E-state index in [1.165, 1.54) is 17.1 Å². The van der Waals surface area contributed by atoms with Crippen molar-refractivity contribution in [3.8, 4) is 0 Å². The lowest BCUT2D eigenvalue weighted by Gasteiger charge is -2.28. The number of ether oxygens (including phenoxy) is 1. The average molecular weight is 292 g/mol. The van der Waals surface area contributed by atoms with Crippen molar-refractivity contribution in [2.75, 3.05) is 20.3 Å². The van der Waals surface area contributed by atoms with Crippen LogP contribution in [0.25, 0.3) is 0 Å². The quantitative estimate of drug-likeness (QED) is 0.598. The maximum absolute atomic E-state index is 12.5. The smallest absolute Gasteiger partial charge is 0.345 e. The van der Waals surface area contributed by atoms with Gasteiger partial charge in [0.15, 0.2) is 6.04 Å². The predicted molar refractivity (Wildman–Crippen MR) is 70.8 cm³/mol. The van der Waals surface area contributed by atoms with Gasteiger partial charge in [0.05, 0.1) is 32.2 Å². The zero-order valence-electron chi connectivity index (χ0n) is 11.9. The third kappa shape index (κ3) is 1.83. The molecule has 8 heteroatoms. The zero-order chi connectivity index (χ0) is 15.1. The van der Waals surface area contributed by atoms with Crippen LogP contribution in [-0.2, 0) is 21.4 Å². The number of urea groups is 1. The molecule has 1 saturated heterocycles. The third-order valence-electron chi connectivity index (χ3n) is 3.79. The number of nitrogens with zero attached hydrogens (tertiary/aromatic N) is 4. The fraction of sp³-hybridized carbons (Fsp3) is 0.462. The van der Waals surface area contributed by atoms with E-state index in [4.69, 9.17) is 9.57 Å². The number of aryl methyl sites for hydroxylation is 1. The maximum atomic E-state index is 12.5. The molecule has 0 aliphatic carbocycles. The van der Waals surface area contributed by atoms with Gasteiger partial charge < -0.3 is 9.64 Å². The highest BCUT2D eigenvalue weighted by molar-refractivity contribution is 5.87. The summed E-state index contributed by atoms with van der Waals surface area (Å²) in [6.45, 7) is 4.16. The maximum Gasteiger partial charge on any atom is 0.345 e. The van der Waals surface area contributed by atoms with E-state index in [0.29, 0.717) is 12.2 Å². The average Bonchev–Trinajstić information content (AvgIpc) is 2.99. The van der Waals surface area contributed by atoms with Crippen molar-refractivity contribution in [1.82, 2.24) is 19.7 Å². The van der Waals surface area contributed by atoms with E-state index < -0.39 is 12.0 Å². The molecule has 8 nitrogen and oxygen atoms in total. The molecule has 0 N–H and O–H groups in total. The fourth-order valence-electron chi connectivity index (χ4n) is 2.87. The van der Waals surface area contributed by atoms with Crippen molar-refractivity contribution in [2.24, 2.45) is 7.05 Å². The van der Waals surface area contributed by atoms with Crippen LogP contribution < -0.4 is 0 Å². The minimum atomic E-state index is -0.793. The number of carbonyl (C=O) groups excluding carboxylic acids is 2. The van der Waals surface area contributed by atoms with E-state index in [1.807, 2.05) is 0 Å². The lowest BCUT2D eigenvalue weighted by Crippen LogP contribution is -2.40. The van der Waals surface area contributed by atoms with Gasteiger partial charge in [-0.1, -0.05) is 6.08 Å². The normalized spacial score (nSPS) is 23.2. The van der Waals surface area contributed by atoms with Crippen LogP contribution in [0.4, 0.5) is 4.79 Å². The van der Waals surface area contributed by atoms with E-state index in [1.54, 1.807) is 24.0 Å². The van der Waals surface area contributed by atoms with Crippen LogP contribution in [-0.4, -0.2) is 52.0 Å². The van der Waals surface area contributed by atoms with Crippen molar-refractivity contribution in [2.45, 2.75) is 12.1 Å². The van der Waals surface area contributed by atoms with Crippen LogP contribution in [0.15, 0.2) is 18.9 Å². The van der Waals surface area contributed by atoms with Gasteiger partial charge in [-0.25, -0.2) is 9.59 Å². The predicted octanol–water partition coefficient (Wildman–Crippen LogP) is 0.544. The molecule has 2 aliphatic rings. The van der Waals surface area contributed by atoms with Crippen molar-refractivity contribution in [3.63, 3.8) is 0 Å². The lowest BCUT2D eigenvalue weighted by molar-refractivity contribution is -0.146. The van der Waals surface area contributed by atoms with Crippen molar-refractivity contribution in [1.29, 1.82) is 0 Å². The van der Waals surface area contributed by atoms with Gasteiger partial charge in [-0.15, -0.1) is 6.58 Å². The van der Waals surface area contributed by atoms with Gasteiger partial charge in [-0.05, 0) is 0 Å². The molecule has 1 unspecified atom stereocenters. The second-order valence-electron chi connectivity index (χ2n) is 4.90. The van der Waals surface area contributed by atoms with Gasteiger partial charge in [0.25, 0.3) is 0 Å². The fourth-order valence-corrected chi connectivity index (χ4v) is 2.87. The van der Waals surface area contributed by atoms with Crippen LogP contribution in [0.5, 0.6) is 0 Å². The first-order valence-corrected chi connectivity index (χ1v) is 6.53. The Morgan fingerprint density at radius 2 is 2.38 bits per heavy atom. The zero-order valence-corrected chi connectivity index (χ0v) is 11.9. The molecule has 0 aromatic carbocycles. The highest BCUT2D eigenvalue weighted by Gasteiger charge is 2.53. The molecule has 1 fully saturated rings. The van der Waals surface area contributed by atoms with Crippen molar-refractivity contribution >= 4 is 12.0 Å². The second-order valence-corrected chi connectivity index (χ2v) is 4.90. The monoisotopic (exact) mass is 292 g/mol. The molecule has 0 saturated carbocycles. The third-order valence-corrected chi connectivity index (χ3v) is 3.79. The largest absolute Gasteiger partial charge is 0.467 e. The van der Waals surface area contributed by atoms with Crippen molar-refractivity contribution < 1.29 is 19.2 Å². The van der Waals surface area contributed by atoms with Crippen LogP contribution in [0.3, 0.4) is 0 Å². The molecule has 0 spiro atoms. The summed E-state index contributed by atoms with van der Waals surface area (Å²) in [5.74, 6) is -0.489. The summed E-state index contributed by atoms with van der Waals surface area (Å²) in [5, 5.41) is 5.48. The van der Waals surface area contributed by atoms with Crippen molar-refractivity contribution in [3.05, 3.63) is 30.1 Å². The van der Waals surface area contributed by atoms with E-state index in [0.717, 1.165) is 5.56 Å². The van der Waals surface area contributed by atoms with E-state index in [9.17, 15) is 9.59 Å². The minimum absolute atomic E-state index is 0.217. The Morgan fingerprint density at radius 1 is 1.62 bits per heavy atom. The Morgan fingerprint density at radius 3 is 3.05 bits per heavy atom. The summed E-state index contributed by atoms with van der Waals surface area (Å²) in [6.07, 6.45) is 3.23. The molecule has 21 heavy (non-hydrogen) atoms. The molecular formula is C13H16N4O4. The van der Waals surface area contributed by atoms with Gasteiger partial charge >= 0.3 is 12.0 Å². The number of rotatable bonds is 4. The van der Waals surface area contributed by atoms with Crippen LogP contribution >= 0.6 is 0 Å².